The summed E-state index contributed by atoms with van der Waals surface area (Å²) in [4.78, 5) is 8.23. The molecule has 21 heavy (non-hydrogen) atoms. The molecule has 0 radical (unpaired) electrons. The lowest BCUT2D eigenvalue weighted by atomic mass is 9.94. The first-order valence-corrected chi connectivity index (χ1v) is 8.65. The molecule has 0 aromatic carbocycles. The number of nitrogens with zero attached hydrogens (tertiary/aromatic N) is 3. The Morgan fingerprint density at radius 2 is 2.19 bits per heavy atom. The van der Waals surface area contributed by atoms with Crippen molar-refractivity contribution >= 4 is 22.1 Å². The first kappa shape index (κ1) is 13.5. The van der Waals surface area contributed by atoms with Crippen molar-refractivity contribution in [2.24, 2.45) is 0 Å². The van der Waals surface area contributed by atoms with E-state index in [0.717, 1.165) is 43.3 Å². The fourth-order valence-corrected chi connectivity index (χ4v) is 3.70. The maximum absolute atomic E-state index is 10.1. The Morgan fingerprint density at radius 3 is 2.90 bits per heavy atom. The van der Waals surface area contributed by atoms with Crippen LogP contribution in [0.3, 0.4) is 0 Å². The summed E-state index contributed by atoms with van der Waals surface area (Å²) in [5, 5.41) is 15.8. The standard InChI is InChI=1S/C15H22N4OS/c1-15(20)4-6-18(7-5-15)13-12(10-16-11-2-3-11)19-8-9-21-14(19)17-13/h8-9,11,16,20H,2-7,10H2,1H3. The maximum Gasteiger partial charge on any atom is 0.195 e. The smallest absolute Gasteiger partial charge is 0.195 e. The highest BCUT2D eigenvalue weighted by Gasteiger charge is 2.30. The monoisotopic (exact) mass is 306 g/mol. The van der Waals surface area contributed by atoms with Gasteiger partial charge in [0.05, 0.1) is 11.3 Å². The minimum atomic E-state index is -0.514. The zero-order chi connectivity index (χ0) is 14.4. The molecule has 4 rings (SSSR count). The minimum Gasteiger partial charge on any atom is -0.390 e. The fourth-order valence-electron chi connectivity index (χ4n) is 2.97. The highest BCUT2D eigenvalue weighted by Crippen LogP contribution is 2.30. The topological polar surface area (TPSA) is 52.8 Å². The third-order valence-corrected chi connectivity index (χ3v) is 5.37. The number of imidazole rings is 1. The van der Waals surface area contributed by atoms with Crippen LogP contribution in [0.1, 0.15) is 38.3 Å². The van der Waals surface area contributed by atoms with E-state index in [1.165, 1.54) is 18.5 Å². The summed E-state index contributed by atoms with van der Waals surface area (Å²) < 4.78 is 2.21. The van der Waals surface area contributed by atoms with Crippen molar-refractivity contribution in [1.82, 2.24) is 14.7 Å². The second kappa shape index (κ2) is 4.97. The van der Waals surface area contributed by atoms with Gasteiger partial charge in [0.2, 0.25) is 0 Å². The summed E-state index contributed by atoms with van der Waals surface area (Å²) in [6.45, 7) is 4.58. The summed E-state index contributed by atoms with van der Waals surface area (Å²) in [7, 11) is 0. The van der Waals surface area contributed by atoms with Crippen LogP contribution in [0.4, 0.5) is 5.82 Å². The highest BCUT2D eigenvalue weighted by atomic mass is 32.1. The summed E-state index contributed by atoms with van der Waals surface area (Å²) in [5.74, 6) is 1.10. The molecule has 2 fully saturated rings. The first-order chi connectivity index (χ1) is 10.1. The fraction of sp³-hybridized carbons (Fsp3) is 0.667. The van der Waals surface area contributed by atoms with Gasteiger partial charge >= 0.3 is 0 Å². The third kappa shape index (κ3) is 2.67. The van der Waals surface area contributed by atoms with Gasteiger partial charge in [0.15, 0.2) is 10.8 Å². The summed E-state index contributed by atoms with van der Waals surface area (Å²) >= 11 is 1.68. The van der Waals surface area contributed by atoms with E-state index in [9.17, 15) is 5.11 Å². The molecule has 0 bridgehead atoms. The summed E-state index contributed by atoms with van der Waals surface area (Å²) in [6.07, 6.45) is 6.34. The van der Waals surface area contributed by atoms with Crippen LogP contribution >= 0.6 is 11.3 Å². The van der Waals surface area contributed by atoms with Gasteiger partial charge in [-0.15, -0.1) is 11.3 Å². The van der Waals surface area contributed by atoms with Crippen LogP contribution in [-0.2, 0) is 6.54 Å². The van der Waals surface area contributed by atoms with E-state index >= 15 is 0 Å². The molecule has 3 heterocycles. The molecule has 0 atom stereocenters. The molecule has 5 nitrogen and oxygen atoms in total. The molecule has 0 unspecified atom stereocenters. The number of hydrogen-bond donors (Lipinski definition) is 2. The second-order valence-electron chi connectivity index (χ2n) is 6.58. The molecular weight excluding hydrogens is 284 g/mol. The van der Waals surface area contributed by atoms with Crippen LogP contribution in [0.15, 0.2) is 11.6 Å². The molecule has 2 aliphatic rings. The molecule has 1 aliphatic heterocycles. The number of hydrogen-bond acceptors (Lipinski definition) is 5. The van der Waals surface area contributed by atoms with Crippen LogP contribution in [-0.4, -0.2) is 39.2 Å². The lowest BCUT2D eigenvalue weighted by molar-refractivity contribution is 0.0350. The Labute approximate surface area is 128 Å². The molecule has 1 saturated carbocycles. The van der Waals surface area contributed by atoms with Crippen LogP contribution in [0.5, 0.6) is 0 Å². The molecule has 6 heteroatoms. The van der Waals surface area contributed by atoms with Crippen LogP contribution in [0, 0.1) is 0 Å². The van der Waals surface area contributed by atoms with Gasteiger partial charge < -0.3 is 15.3 Å². The van der Waals surface area contributed by atoms with Gasteiger partial charge in [0.1, 0.15) is 0 Å². The number of fused-ring (bicyclic) bond motifs is 1. The molecule has 114 valence electrons. The van der Waals surface area contributed by atoms with Gasteiger partial charge in [-0.1, -0.05) is 0 Å². The molecule has 2 aromatic rings. The number of aromatic nitrogens is 2. The lowest BCUT2D eigenvalue weighted by Crippen LogP contribution is -2.43. The molecular formula is C15H22N4OS. The van der Waals surface area contributed by atoms with E-state index in [-0.39, 0.29) is 0 Å². The van der Waals surface area contributed by atoms with Crippen molar-refractivity contribution in [2.45, 2.75) is 50.8 Å². The molecule has 2 N–H and O–H groups in total. The quantitative estimate of drug-likeness (QED) is 0.907. The van der Waals surface area contributed by atoms with E-state index in [2.05, 4.69) is 26.2 Å². The number of anilines is 1. The predicted octanol–water partition coefficient (Wildman–Crippen LogP) is 2.00. The zero-order valence-corrected chi connectivity index (χ0v) is 13.2. The minimum absolute atomic E-state index is 0.514. The normalized spacial score (nSPS) is 22.1. The second-order valence-corrected chi connectivity index (χ2v) is 7.45. The number of rotatable bonds is 4. The lowest BCUT2D eigenvalue weighted by Gasteiger charge is -2.36. The Kier molecular flexibility index (Phi) is 3.20. The van der Waals surface area contributed by atoms with Gasteiger partial charge in [-0.25, -0.2) is 4.98 Å². The number of piperidine rings is 1. The van der Waals surface area contributed by atoms with Crippen LogP contribution < -0.4 is 10.2 Å². The predicted molar refractivity (Wildman–Crippen MR) is 85.0 cm³/mol. The average Bonchev–Trinajstić information content (AvgIpc) is 3.05. The van der Waals surface area contributed by atoms with E-state index in [0.29, 0.717) is 6.04 Å². The molecule has 0 amide bonds. The third-order valence-electron chi connectivity index (χ3n) is 4.62. The van der Waals surface area contributed by atoms with Crippen molar-refractivity contribution in [3.05, 3.63) is 17.3 Å². The van der Waals surface area contributed by atoms with E-state index < -0.39 is 5.60 Å². The summed E-state index contributed by atoms with van der Waals surface area (Å²) in [6, 6.07) is 0.698. The highest BCUT2D eigenvalue weighted by molar-refractivity contribution is 7.15. The van der Waals surface area contributed by atoms with Crippen molar-refractivity contribution in [3.8, 4) is 0 Å². The first-order valence-electron chi connectivity index (χ1n) is 7.77. The van der Waals surface area contributed by atoms with Crippen molar-refractivity contribution in [1.29, 1.82) is 0 Å². The number of thiazole rings is 1. The molecule has 1 aliphatic carbocycles. The molecule has 2 aromatic heterocycles. The summed E-state index contributed by atoms with van der Waals surface area (Å²) in [5.41, 5.74) is 0.750. The van der Waals surface area contributed by atoms with Gasteiger partial charge in [0.25, 0.3) is 0 Å². The van der Waals surface area contributed by atoms with Gasteiger partial charge in [0, 0.05) is 37.3 Å². The number of nitrogens with one attached hydrogen (secondary N) is 1. The van der Waals surface area contributed by atoms with Gasteiger partial charge in [-0.2, -0.15) is 0 Å². The van der Waals surface area contributed by atoms with Crippen molar-refractivity contribution in [3.63, 3.8) is 0 Å². The number of aliphatic hydroxyl groups is 1. The van der Waals surface area contributed by atoms with E-state index in [1.54, 1.807) is 11.3 Å². The van der Waals surface area contributed by atoms with Crippen molar-refractivity contribution < 1.29 is 5.11 Å². The Balaban J connectivity index is 1.60. The van der Waals surface area contributed by atoms with E-state index in [4.69, 9.17) is 4.98 Å². The Morgan fingerprint density at radius 1 is 1.43 bits per heavy atom. The molecule has 1 saturated heterocycles. The van der Waals surface area contributed by atoms with E-state index in [1.807, 2.05) is 6.92 Å². The van der Waals surface area contributed by atoms with Gasteiger partial charge in [-0.3, -0.25) is 4.40 Å². The van der Waals surface area contributed by atoms with Gasteiger partial charge in [-0.05, 0) is 32.6 Å². The SMILES string of the molecule is CC1(O)CCN(c2nc3sccn3c2CNC2CC2)CC1. The van der Waals surface area contributed by atoms with Crippen LogP contribution in [0.2, 0.25) is 0 Å². The van der Waals surface area contributed by atoms with Crippen LogP contribution in [0.25, 0.3) is 4.96 Å². The Bertz CT molecular complexity index is 633. The van der Waals surface area contributed by atoms with Crippen molar-refractivity contribution in [2.75, 3.05) is 18.0 Å². The largest absolute Gasteiger partial charge is 0.390 e. The average molecular weight is 306 g/mol. The zero-order valence-electron chi connectivity index (χ0n) is 12.4. The maximum atomic E-state index is 10.1. The Hall–Kier alpha value is -1.11. The molecule has 0 spiro atoms.